The summed E-state index contributed by atoms with van der Waals surface area (Å²) in [7, 11) is 3.04. The molecule has 0 saturated heterocycles. The Kier molecular flexibility index (Phi) is 7.41. The number of hydrogen-bond donors (Lipinski definition) is 2. The van der Waals surface area contributed by atoms with Crippen LogP contribution in [0.4, 0.5) is 5.69 Å². The molecular formula is C24H22N2O5S. The van der Waals surface area contributed by atoms with E-state index >= 15 is 0 Å². The van der Waals surface area contributed by atoms with E-state index in [9.17, 15) is 14.4 Å². The Bertz CT molecular complexity index is 1170. The molecule has 0 aliphatic rings. The van der Waals surface area contributed by atoms with Crippen LogP contribution in [0.1, 0.15) is 32.5 Å². The van der Waals surface area contributed by atoms with Crippen molar-refractivity contribution in [1.29, 1.82) is 0 Å². The summed E-state index contributed by atoms with van der Waals surface area (Å²) in [4.78, 5) is 37.8. The summed E-state index contributed by atoms with van der Waals surface area (Å²) in [6, 6.07) is 15.1. The van der Waals surface area contributed by atoms with Crippen LogP contribution in [0, 0.1) is 0 Å². The van der Waals surface area contributed by atoms with E-state index in [0.29, 0.717) is 33.2 Å². The van der Waals surface area contributed by atoms with Crippen LogP contribution in [0.5, 0.6) is 11.5 Å². The maximum atomic E-state index is 13.0. The highest BCUT2D eigenvalue weighted by molar-refractivity contribution is 7.12. The number of carbonyl (C=O) groups excluding carboxylic acids is 3. The molecule has 0 radical (unpaired) electrons. The largest absolute Gasteiger partial charge is 0.493 e. The first-order valence-corrected chi connectivity index (χ1v) is 10.5. The SMILES string of the molecule is COc1ccc(/C=C(/NC(=O)c2cccs2)C(=O)Nc2cccc(C(C)=O)c2)cc1OC. The molecule has 8 heteroatoms. The molecule has 0 bridgehead atoms. The Balaban J connectivity index is 1.93. The average molecular weight is 451 g/mol. The molecule has 3 aromatic rings. The standard InChI is InChI=1S/C24H22N2O5S/c1-15(27)17-6-4-7-18(14-17)25-23(28)19(26-24(29)22-8-5-11-32-22)12-16-9-10-20(30-2)21(13-16)31-3/h4-14H,1-3H3,(H,25,28)(H,26,29)/b19-12+. The van der Waals surface area contributed by atoms with Crippen LogP contribution in [0.3, 0.4) is 0 Å². The predicted molar refractivity (Wildman–Crippen MR) is 124 cm³/mol. The van der Waals surface area contributed by atoms with Gasteiger partial charge < -0.3 is 20.1 Å². The molecule has 32 heavy (non-hydrogen) atoms. The smallest absolute Gasteiger partial charge is 0.272 e. The van der Waals surface area contributed by atoms with Gasteiger partial charge in [0.1, 0.15) is 5.70 Å². The number of Topliss-reactive ketones (excluding diaryl/α,β-unsaturated/α-hetero) is 1. The monoisotopic (exact) mass is 450 g/mol. The number of ether oxygens (including phenoxy) is 2. The highest BCUT2D eigenvalue weighted by atomic mass is 32.1. The Labute approximate surface area is 189 Å². The minimum absolute atomic E-state index is 0.0313. The third kappa shape index (κ3) is 5.61. The number of anilines is 1. The number of methoxy groups -OCH3 is 2. The normalized spacial score (nSPS) is 10.9. The Hall–Kier alpha value is -3.91. The highest BCUT2D eigenvalue weighted by Gasteiger charge is 2.16. The molecule has 2 N–H and O–H groups in total. The van der Waals surface area contributed by atoms with Crippen molar-refractivity contribution in [2.45, 2.75) is 6.92 Å². The molecule has 1 heterocycles. The number of carbonyl (C=O) groups is 3. The second-order valence-corrected chi connectivity index (χ2v) is 7.64. The number of ketones is 1. The summed E-state index contributed by atoms with van der Waals surface area (Å²) in [5.74, 6) is -0.0305. The first-order valence-electron chi connectivity index (χ1n) is 9.62. The number of rotatable bonds is 8. The molecule has 0 unspecified atom stereocenters. The predicted octanol–water partition coefficient (Wildman–Crippen LogP) is 4.38. The summed E-state index contributed by atoms with van der Waals surface area (Å²) >= 11 is 1.27. The maximum absolute atomic E-state index is 13.0. The lowest BCUT2D eigenvalue weighted by Gasteiger charge is -2.12. The fourth-order valence-electron chi connectivity index (χ4n) is 2.87. The van der Waals surface area contributed by atoms with Gasteiger partial charge in [0.15, 0.2) is 17.3 Å². The van der Waals surface area contributed by atoms with Gasteiger partial charge in [-0.2, -0.15) is 0 Å². The van der Waals surface area contributed by atoms with Crippen molar-refractivity contribution in [1.82, 2.24) is 5.32 Å². The van der Waals surface area contributed by atoms with Gasteiger partial charge in [0.25, 0.3) is 11.8 Å². The van der Waals surface area contributed by atoms with Crippen molar-refractivity contribution in [3.05, 3.63) is 81.7 Å². The van der Waals surface area contributed by atoms with E-state index in [4.69, 9.17) is 9.47 Å². The van der Waals surface area contributed by atoms with E-state index in [1.165, 1.54) is 38.6 Å². The minimum Gasteiger partial charge on any atom is -0.493 e. The zero-order chi connectivity index (χ0) is 23.1. The molecule has 0 atom stereocenters. The van der Waals surface area contributed by atoms with Crippen LogP contribution in [-0.4, -0.2) is 31.8 Å². The van der Waals surface area contributed by atoms with E-state index < -0.39 is 11.8 Å². The highest BCUT2D eigenvalue weighted by Crippen LogP contribution is 2.28. The summed E-state index contributed by atoms with van der Waals surface area (Å²) < 4.78 is 10.6. The summed E-state index contributed by atoms with van der Waals surface area (Å²) in [5, 5.41) is 7.18. The first kappa shape index (κ1) is 22.8. The summed E-state index contributed by atoms with van der Waals surface area (Å²) in [6.07, 6.45) is 1.54. The van der Waals surface area contributed by atoms with Crippen LogP contribution in [0.15, 0.2) is 65.7 Å². The van der Waals surface area contributed by atoms with Gasteiger partial charge in [-0.3, -0.25) is 14.4 Å². The average Bonchev–Trinajstić information content (AvgIpc) is 3.33. The first-order chi connectivity index (χ1) is 15.4. The summed E-state index contributed by atoms with van der Waals surface area (Å²) in [6.45, 7) is 1.45. The van der Waals surface area contributed by atoms with Crippen molar-refractivity contribution in [3.8, 4) is 11.5 Å². The number of thiophene rings is 1. The van der Waals surface area contributed by atoms with E-state index in [0.717, 1.165) is 0 Å². The van der Waals surface area contributed by atoms with Crippen LogP contribution in [0.25, 0.3) is 6.08 Å². The lowest BCUT2D eigenvalue weighted by Crippen LogP contribution is -2.30. The molecule has 0 saturated carbocycles. The topological polar surface area (TPSA) is 93.7 Å². The Morgan fingerprint density at radius 2 is 1.72 bits per heavy atom. The number of hydrogen-bond acceptors (Lipinski definition) is 6. The molecule has 1 aromatic heterocycles. The van der Waals surface area contributed by atoms with Crippen LogP contribution in [0.2, 0.25) is 0 Å². The lowest BCUT2D eigenvalue weighted by molar-refractivity contribution is -0.113. The summed E-state index contributed by atoms with van der Waals surface area (Å²) in [5.41, 5.74) is 1.56. The molecule has 0 aliphatic carbocycles. The van der Waals surface area contributed by atoms with Crippen molar-refractivity contribution in [2.24, 2.45) is 0 Å². The third-order valence-electron chi connectivity index (χ3n) is 4.48. The molecule has 2 amide bonds. The molecule has 3 rings (SSSR count). The number of nitrogens with one attached hydrogen (secondary N) is 2. The fourth-order valence-corrected chi connectivity index (χ4v) is 3.49. The number of benzene rings is 2. The molecule has 0 fully saturated rings. The van der Waals surface area contributed by atoms with E-state index in [2.05, 4.69) is 10.6 Å². The quantitative estimate of drug-likeness (QED) is 0.392. The maximum Gasteiger partial charge on any atom is 0.272 e. The van der Waals surface area contributed by atoms with Gasteiger partial charge in [0, 0.05) is 11.3 Å². The second-order valence-electron chi connectivity index (χ2n) is 6.69. The zero-order valence-electron chi connectivity index (χ0n) is 17.8. The van der Waals surface area contributed by atoms with E-state index in [1.807, 2.05) is 0 Å². The fraction of sp³-hybridized carbons (Fsp3) is 0.125. The van der Waals surface area contributed by atoms with Gasteiger partial charge in [-0.25, -0.2) is 0 Å². The molecule has 0 spiro atoms. The molecule has 0 aliphatic heterocycles. The van der Waals surface area contributed by atoms with Crippen molar-refractivity contribution < 1.29 is 23.9 Å². The van der Waals surface area contributed by atoms with Gasteiger partial charge >= 0.3 is 0 Å². The van der Waals surface area contributed by atoms with Crippen LogP contribution < -0.4 is 20.1 Å². The number of amides is 2. The Morgan fingerprint density at radius 3 is 2.38 bits per heavy atom. The van der Waals surface area contributed by atoms with Gasteiger partial charge in [0.05, 0.1) is 19.1 Å². The van der Waals surface area contributed by atoms with Gasteiger partial charge in [-0.15, -0.1) is 11.3 Å². The van der Waals surface area contributed by atoms with Crippen molar-refractivity contribution in [3.63, 3.8) is 0 Å². The van der Waals surface area contributed by atoms with Crippen molar-refractivity contribution >= 4 is 40.7 Å². The minimum atomic E-state index is -0.537. The molecule has 2 aromatic carbocycles. The van der Waals surface area contributed by atoms with Gasteiger partial charge in [0.2, 0.25) is 0 Å². The lowest BCUT2D eigenvalue weighted by atomic mass is 10.1. The second kappa shape index (κ2) is 10.4. The van der Waals surface area contributed by atoms with Crippen LogP contribution in [-0.2, 0) is 4.79 Å². The van der Waals surface area contributed by atoms with Gasteiger partial charge in [-0.1, -0.05) is 24.3 Å². The zero-order valence-corrected chi connectivity index (χ0v) is 18.6. The van der Waals surface area contributed by atoms with E-state index in [-0.39, 0.29) is 11.5 Å². The molecular weight excluding hydrogens is 428 g/mol. The third-order valence-corrected chi connectivity index (χ3v) is 5.35. The van der Waals surface area contributed by atoms with Crippen molar-refractivity contribution in [2.75, 3.05) is 19.5 Å². The van der Waals surface area contributed by atoms with Crippen LogP contribution >= 0.6 is 11.3 Å². The van der Waals surface area contributed by atoms with E-state index in [1.54, 1.807) is 60.0 Å². The Morgan fingerprint density at radius 1 is 0.938 bits per heavy atom. The molecule has 164 valence electrons. The van der Waals surface area contributed by atoms with Gasteiger partial charge in [-0.05, 0) is 54.3 Å². The molecule has 7 nitrogen and oxygen atoms in total.